The van der Waals surface area contributed by atoms with E-state index in [9.17, 15) is 15.0 Å². The Kier molecular flexibility index (Phi) is 6.64. The summed E-state index contributed by atoms with van der Waals surface area (Å²) >= 11 is 11.9. The van der Waals surface area contributed by atoms with Crippen LogP contribution in [0, 0.1) is 0 Å². The number of anilines is 1. The van der Waals surface area contributed by atoms with Gasteiger partial charge in [0.1, 0.15) is 5.75 Å². The molecule has 2 unspecified atom stereocenters. The first-order valence-electron chi connectivity index (χ1n) is 7.36. The number of phenols is 1. The summed E-state index contributed by atoms with van der Waals surface area (Å²) in [5.74, 6) is -0.611. The fourth-order valence-electron chi connectivity index (χ4n) is 2.24. The van der Waals surface area contributed by atoms with Gasteiger partial charge in [0, 0.05) is 12.8 Å². The van der Waals surface area contributed by atoms with Gasteiger partial charge in [-0.3, -0.25) is 4.79 Å². The number of benzene rings is 2. The third-order valence-electron chi connectivity index (χ3n) is 3.54. The van der Waals surface area contributed by atoms with Crippen molar-refractivity contribution in [1.29, 1.82) is 0 Å². The van der Waals surface area contributed by atoms with E-state index in [4.69, 9.17) is 33.7 Å². The number of hydrogen-bond acceptors (Lipinski definition) is 5. The second kappa shape index (κ2) is 8.51. The van der Waals surface area contributed by atoms with Crippen LogP contribution in [0.3, 0.4) is 0 Å². The number of halogens is 2. The van der Waals surface area contributed by atoms with Crippen molar-refractivity contribution < 1.29 is 19.7 Å². The zero-order valence-corrected chi connectivity index (χ0v) is 14.9. The number of aliphatic hydroxyl groups excluding tert-OH is 1. The summed E-state index contributed by atoms with van der Waals surface area (Å²) in [6, 6.07) is 8.88. The number of carbonyl (C=O) groups excluding carboxylic acids is 1. The maximum Gasteiger partial charge on any atom is 0.258 e. The quantitative estimate of drug-likeness (QED) is 0.573. The van der Waals surface area contributed by atoms with E-state index in [1.807, 2.05) is 0 Å². The molecular weight excluding hydrogens is 367 g/mol. The molecule has 25 heavy (non-hydrogen) atoms. The molecule has 0 aliphatic rings. The molecule has 0 fully saturated rings. The summed E-state index contributed by atoms with van der Waals surface area (Å²) in [6.07, 6.45) is -0.628. The predicted octanol–water partition coefficient (Wildman–Crippen LogP) is 2.79. The van der Waals surface area contributed by atoms with E-state index in [-0.39, 0.29) is 21.4 Å². The number of hydrogen-bond donors (Lipinski definition) is 4. The highest BCUT2D eigenvalue weighted by atomic mass is 35.5. The highest BCUT2D eigenvalue weighted by molar-refractivity contribution is 6.40. The Hall–Kier alpha value is -1.83. The van der Waals surface area contributed by atoms with E-state index in [0.717, 1.165) is 5.56 Å². The van der Waals surface area contributed by atoms with Gasteiger partial charge in [-0.25, -0.2) is 0 Å². The lowest BCUT2D eigenvalue weighted by Gasteiger charge is -2.17. The van der Waals surface area contributed by atoms with Crippen molar-refractivity contribution >= 4 is 34.8 Å². The molecule has 0 saturated carbocycles. The van der Waals surface area contributed by atoms with E-state index in [2.05, 4.69) is 5.32 Å². The highest BCUT2D eigenvalue weighted by Gasteiger charge is 2.17. The fourth-order valence-corrected chi connectivity index (χ4v) is 2.89. The third-order valence-corrected chi connectivity index (χ3v) is 4.14. The van der Waals surface area contributed by atoms with Crippen molar-refractivity contribution in [2.75, 3.05) is 12.4 Å². The SMILES string of the molecule is COC(O)C(N)Cc1ccc(NC(=O)c2c(Cl)cc(O)cc2Cl)cc1. The number of aromatic hydroxyl groups is 1. The second-order valence-corrected chi connectivity index (χ2v) is 6.24. The van der Waals surface area contributed by atoms with Crippen LogP contribution >= 0.6 is 23.2 Å². The maximum absolute atomic E-state index is 12.3. The molecule has 2 atom stereocenters. The molecule has 8 heteroatoms. The molecule has 0 aliphatic heterocycles. The first-order chi connectivity index (χ1) is 11.8. The van der Waals surface area contributed by atoms with Crippen molar-refractivity contribution in [3.8, 4) is 5.75 Å². The minimum atomic E-state index is -1.04. The Morgan fingerprint density at radius 1 is 1.24 bits per heavy atom. The highest BCUT2D eigenvalue weighted by Crippen LogP contribution is 2.30. The first kappa shape index (κ1) is 19.5. The summed E-state index contributed by atoms with van der Waals surface area (Å²) in [5, 5.41) is 21.7. The van der Waals surface area contributed by atoms with Gasteiger partial charge in [-0.2, -0.15) is 0 Å². The number of aliphatic hydroxyl groups is 1. The monoisotopic (exact) mass is 384 g/mol. The van der Waals surface area contributed by atoms with E-state index in [1.54, 1.807) is 24.3 Å². The summed E-state index contributed by atoms with van der Waals surface area (Å²) < 4.78 is 4.77. The number of methoxy groups -OCH3 is 1. The van der Waals surface area contributed by atoms with Crippen LogP contribution in [0.2, 0.25) is 10.0 Å². The van der Waals surface area contributed by atoms with Gasteiger partial charge in [-0.15, -0.1) is 0 Å². The number of amides is 1. The van der Waals surface area contributed by atoms with Crippen LogP contribution < -0.4 is 11.1 Å². The van der Waals surface area contributed by atoms with Gasteiger partial charge in [0.2, 0.25) is 0 Å². The zero-order chi connectivity index (χ0) is 18.6. The van der Waals surface area contributed by atoms with Gasteiger partial charge in [-0.1, -0.05) is 35.3 Å². The van der Waals surface area contributed by atoms with E-state index >= 15 is 0 Å². The van der Waals surface area contributed by atoms with E-state index in [1.165, 1.54) is 19.2 Å². The third kappa shape index (κ3) is 5.07. The van der Waals surface area contributed by atoms with Gasteiger partial charge in [0.25, 0.3) is 5.91 Å². The smallest absolute Gasteiger partial charge is 0.258 e. The Morgan fingerprint density at radius 2 is 1.80 bits per heavy atom. The molecule has 0 radical (unpaired) electrons. The van der Waals surface area contributed by atoms with Gasteiger partial charge in [0.05, 0.1) is 21.7 Å². The van der Waals surface area contributed by atoms with Gasteiger partial charge in [0.15, 0.2) is 6.29 Å². The van der Waals surface area contributed by atoms with Crippen molar-refractivity contribution in [3.63, 3.8) is 0 Å². The standard InChI is InChI=1S/C17H18Cl2N2O4/c1-25-17(24)14(20)6-9-2-4-10(5-3-9)21-16(23)15-12(18)7-11(22)8-13(15)19/h2-5,7-8,14,17,22,24H,6,20H2,1H3,(H,21,23). The van der Waals surface area contributed by atoms with Crippen molar-refractivity contribution in [3.05, 3.63) is 57.6 Å². The number of carbonyl (C=O) groups is 1. The summed E-state index contributed by atoms with van der Waals surface area (Å²) in [4.78, 5) is 12.3. The lowest BCUT2D eigenvalue weighted by Crippen LogP contribution is -2.37. The van der Waals surface area contributed by atoms with Crippen LogP contribution in [0.4, 0.5) is 5.69 Å². The van der Waals surface area contributed by atoms with Gasteiger partial charge < -0.3 is 26.0 Å². The Bertz CT molecular complexity index is 730. The molecule has 5 N–H and O–H groups in total. The number of ether oxygens (including phenoxy) is 1. The molecule has 2 rings (SSSR count). The second-order valence-electron chi connectivity index (χ2n) is 5.43. The van der Waals surface area contributed by atoms with E-state index in [0.29, 0.717) is 12.1 Å². The van der Waals surface area contributed by atoms with Crippen LogP contribution in [0.15, 0.2) is 36.4 Å². The minimum absolute atomic E-state index is 0.0543. The molecule has 0 aliphatic carbocycles. The zero-order valence-electron chi connectivity index (χ0n) is 13.4. The van der Waals surface area contributed by atoms with Crippen LogP contribution in [0.1, 0.15) is 15.9 Å². The van der Waals surface area contributed by atoms with Gasteiger partial charge >= 0.3 is 0 Å². The van der Waals surface area contributed by atoms with Gasteiger partial charge in [-0.05, 0) is 36.2 Å². The molecule has 0 saturated heterocycles. The molecule has 0 bridgehead atoms. The Balaban J connectivity index is 2.08. The molecule has 0 spiro atoms. The minimum Gasteiger partial charge on any atom is -0.508 e. The lowest BCUT2D eigenvalue weighted by molar-refractivity contribution is -0.0890. The van der Waals surface area contributed by atoms with Crippen molar-refractivity contribution in [2.45, 2.75) is 18.8 Å². The fraction of sp³-hybridized carbons (Fsp3) is 0.235. The summed E-state index contributed by atoms with van der Waals surface area (Å²) in [5.41, 5.74) is 7.30. The largest absolute Gasteiger partial charge is 0.508 e. The maximum atomic E-state index is 12.3. The average molecular weight is 385 g/mol. The van der Waals surface area contributed by atoms with Crippen LogP contribution in [0.5, 0.6) is 5.75 Å². The molecule has 1 amide bonds. The van der Waals surface area contributed by atoms with Crippen molar-refractivity contribution in [2.24, 2.45) is 5.73 Å². The molecule has 2 aromatic rings. The van der Waals surface area contributed by atoms with Crippen LogP contribution in [0.25, 0.3) is 0 Å². The molecule has 0 heterocycles. The Labute approximate surface area is 155 Å². The number of phenolic OH excluding ortho intramolecular Hbond substituents is 1. The molecule has 134 valence electrons. The lowest BCUT2D eigenvalue weighted by atomic mass is 10.1. The summed E-state index contributed by atoms with van der Waals surface area (Å²) in [6.45, 7) is 0. The molecule has 6 nitrogen and oxygen atoms in total. The number of rotatable bonds is 6. The predicted molar refractivity (Wildman–Crippen MR) is 97.2 cm³/mol. The number of nitrogens with two attached hydrogens (primary N) is 1. The topological polar surface area (TPSA) is 105 Å². The van der Waals surface area contributed by atoms with Crippen molar-refractivity contribution in [1.82, 2.24) is 0 Å². The van der Waals surface area contributed by atoms with Crippen LogP contribution in [-0.2, 0) is 11.2 Å². The average Bonchev–Trinajstić information content (AvgIpc) is 2.54. The summed E-state index contributed by atoms with van der Waals surface area (Å²) in [7, 11) is 1.38. The molecular formula is C17H18Cl2N2O4. The molecule has 2 aromatic carbocycles. The Morgan fingerprint density at radius 3 is 2.32 bits per heavy atom. The molecule has 0 aromatic heterocycles. The number of nitrogens with one attached hydrogen (secondary N) is 1. The first-order valence-corrected chi connectivity index (χ1v) is 8.12. The van der Waals surface area contributed by atoms with Crippen LogP contribution in [-0.4, -0.2) is 35.6 Å². The normalized spacial score (nSPS) is 13.3. The van der Waals surface area contributed by atoms with E-state index < -0.39 is 18.2 Å².